The van der Waals surface area contributed by atoms with Crippen molar-refractivity contribution in [1.29, 1.82) is 0 Å². The van der Waals surface area contributed by atoms with Crippen molar-refractivity contribution in [3.05, 3.63) is 56.5 Å². The molecule has 0 amide bonds. The Morgan fingerprint density at radius 1 is 1.09 bits per heavy atom. The number of unbranched alkanes of at least 4 members (excludes halogenated alkanes) is 2. The van der Waals surface area contributed by atoms with Crippen LogP contribution in [0.4, 0.5) is 5.82 Å². The van der Waals surface area contributed by atoms with Crippen LogP contribution in [0.3, 0.4) is 0 Å². The standard InChI is InChI=1S/C22H24ClN5O4/c1-2-3-11-27-19-16(13-17(23)24-19)21(30)28(22(27)31)12-5-4-6-18-25-20(32-26-18)14-7-9-15(29)10-8-14/h7-10,29H,2-6,11-13H2,1H3. The zero-order valence-electron chi connectivity index (χ0n) is 17.8. The molecule has 4 rings (SSSR count). The van der Waals surface area contributed by atoms with Gasteiger partial charge in [0, 0.05) is 31.5 Å². The number of halogens is 1. The number of fused-ring (bicyclic) bond motifs is 1. The highest BCUT2D eigenvalue weighted by Crippen LogP contribution is 2.24. The summed E-state index contributed by atoms with van der Waals surface area (Å²) in [6.07, 6.45) is 3.86. The summed E-state index contributed by atoms with van der Waals surface area (Å²) in [6.45, 7) is 2.86. The molecule has 0 aliphatic carbocycles. The predicted molar refractivity (Wildman–Crippen MR) is 121 cm³/mol. The number of aryl methyl sites for hydroxylation is 1. The second-order valence-electron chi connectivity index (χ2n) is 7.73. The molecule has 0 saturated heterocycles. The maximum atomic E-state index is 13.0. The molecule has 0 fully saturated rings. The summed E-state index contributed by atoms with van der Waals surface area (Å²) in [7, 11) is 0. The van der Waals surface area contributed by atoms with Gasteiger partial charge in [-0.2, -0.15) is 4.98 Å². The van der Waals surface area contributed by atoms with Crippen molar-refractivity contribution >= 4 is 22.6 Å². The number of hydrogen-bond acceptors (Lipinski definition) is 7. The van der Waals surface area contributed by atoms with Gasteiger partial charge in [-0.3, -0.25) is 13.9 Å². The molecule has 32 heavy (non-hydrogen) atoms. The van der Waals surface area contributed by atoms with Crippen molar-refractivity contribution in [3.8, 4) is 17.2 Å². The lowest BCUT2D eigenvalue weighted by atomic mass is 10.2. The van der Waals surface area contributed by atoms with Crippen LogP contribution >= 0.6 is 11.6 Å². The Kier molecular flexibility index (Phi) is 6.55. The lowest BCUT2D eigenvalue weighted by Crippen LogP contribution is -2.41. The van der Waals surface area contributed by atoms with Crippen molar-refractivity contribution in [2.45, 2.75) is 58.5 Å². The molecule has 0 radical (unpaired) electrons. The van der Waals surface area contributed by atoms with E-state index >= 15 is 0 Å². The lowest BCUT2D eigenvalue weighted by molar-refractivity contribution is 0.420. The van der Waals surface area contributed by atoms with E-state index in [2.05, 4.69) is 15.1 Å². The average molecular weight is 458 g/mol. The number of aromatic hydroxyl groups is 1. The van der Waals surface area contributed by atoms with Crippen molar-refractivity contribution in [3.63, 3.8) is 0 Å². The predicted octanol–water partition coefficient (Wildman–Crippen LogP) is 3.41. The van der Waals surface area contributed by atoms with Gasteiger partial charge in [-0.1, -0.05) is 30.1 Å². The second-order valence-corrected chi connectivity index (χ2v) is 8.17. The molecule has 1 aliphatic rings. The highest BCUT2D eigenvalue weighted by atomic mass is 35.5. The first-order valence-electron chi connectivity index (χ1n) is 10.7. The number of benzene rings is 1. The number of phenols is 1. The summed E-state index contributed by atoms with van der Waals surface area (Å²) >= 11 is 6.06. The number of aliphatic imine (C=N–C) groups is 1. The summed E-state index contributed by atoms with van der Waals surface area (Å²) < 4.78 is 8.14. The molecule has 1 aliphatic heterocycles. The quantitative estimate of drug-likeness (QED) is 0.492. The third-order valence-corrected chi connectivity index (χ3v) is 5.61. The molecular formula is C22H24ClN5O4. The normalized spacial score (nSPS) is 12.8. The van der Waals surface area contributed by atoms with E-state index in [4.69, 9.17) is 16.1 Å². The summed E-state index contributed by atoms with van der Waals surface area (Å²) in [4.78, 5) is 34.4. The minimum Gasteiger partial charge on any atom is -0.508 e. The Bertz CT molecular complexity index is 1260. The first-order chi connectivity index (χ1) is 15.5. The summed E-state index contributed by atoms with van der Waals surface area (Å²) in [6, 6.07) is 6.51. The minimum atomic E-state index is -0.341. The van der Waals surface area contributed by atoms with Crippen molar-refractivity contribution < 1.29 is 9.63 Å². The molecule has 3 heterocycles. The number of hydrogen-bond donors (Lipinski definition) is 1. The van der Waals surface area contributed by atoms with E-state index in [1.807, 2.05) is 6.92 Å². The van der Waals surface area contributed by atoms with Crippen molar-refractivity contribution in [1.82, 2.24) is 19.3 Å². The Morgan fingerprint density at radius 3 is 2.59 bits per heavy atom. The molecule has 1 aromatic carbocycles. The van der Waals surface area contributed by atoms with Crippen LogP contribution in [0, 0.1) is 0 Å². The van der Waals surface area contributed by atoms with E-state index < -0.39 is 0 Å². The van der Waals surface area contributed by atoms with Crippen LogP contribution in [0.25, 0.3) is 11.5 Å². The topological polar surface area (TPSA) is 116 Å². The van der Waals surface area contributed by atoms with Gasteiger partial charge < -0.3 is 9.63 Å². The number of nitrogens with zero attached hydrogens (tertiary/aromatic N) is 5. The van der Waals surface area contributed by atoms with Gasteiger partial charge in [0.1, 0.15) is 16.7 Å². The molecule has 0 spiro atoms. The fraction of sp³-hybridized carbons (Fsp3) is 0.409. The summed E-state index contributed by atoms with van der Waals surface area (Å²) in [5.74, 6) is 1.50. The van der Waals surface area contributed by atoms with Crippen LogP contribution in [0.5, 0.6) is 5.75 Å². The molecule has 168 valence electrons. The van der Waals surface area contributed by atoms with Gasteiger partial charge in [-0.25, -0.2) is 9.79 Å². The maximum absolute atomic E-state index is 13.0. The van der Waals surface area contributed by atoms with Crippen molar-refractivity contribution in [2.24, 2.45) is 4.99 Å². The Balaban J connectivity index is 1.43. The fourth-order valence-electron chi connectivity index (χ4n) is 3.67. The van der Waals surface area contributed by atoms with Gasteiger partial charge >= 0.3 is 5.69 Å². The third kappa shape index (κ3) is 4.52. The van der Waals surface area contributed by atoms with Gasteiger partial charge in [-0.05, 0) is 43.5 Å². The van der Waals surface area contributed by atoms with Gasteiger partial charge in [0.2, 0.25) is 0 Å². The highest BCUT2D eigenvalue weighted by Gasteiger charge is 2.24. The fourth-order valence-corrected chi connectivity index (χ4v) is 3.89. The molecule has 2 aromatic heterocycles. The van der Waals surface area contributed by atoms with Crippen LogP contribution in [0.1, 0.15) is 44.0 Å². The van der Waals surface area contributed by atoms with Gasteiger partial charge in [0.15, 0.2) is 5.82 Å². The minimum absolute atomic E-state index is 0.165. The zero-order chi connectivity index (χ0) is 22.7. The SMILES string of the molecule is CCCCn1c2c(c(=O)n(CCCCc3noc(-c4ccc(O)cc4)n3)c1=O)CC(Cl)=N2. The molecule has 9 nitrogen and oxygen atoms in total. The molecule has 0 bridgehead atoms. The van der Waals surface area contributed by atoms with E-state index in [-0.39, 0.29) is 23.4 Å². The van der Waals surface area contributed by atoms with Gasteiger partial charge in [0.05, 0.1) is 5.56 Å². The largest absolute Gasteiger partial charge is 0.508 e. The summed E-state index contributed by atoms with van der Waals surface area (Å²) in [5, 5.41) is 13.7. The number of aromatic nitrogens is 4. The molecular weight excluding hydrogens is 434 g/mol. The van der Waals surface area contributed by atoms with Gasteiger partial charge in [0.25, 0.3) is 11.4 Å². The van der Waals surface area contributed by atoms with Crippen molar-refractivity contribution in [2.75, 3.05) is 0 Å². The second kappa shape index (κ2) is 9.52. The molecule has 0 unspecified atom stereocenters. The molecule has 0 atom stereocenters. The van der Waals surface area contributed by atoms with Crippen LogP contribution in [0.2, 0.25) is 0 Å². The molecule has 1 N–H and O–H groups in total. The molecule has 0 saturated carbocycles. The van der Waals surface area contributed by atoms with E-state index in [0.717, 1.165) is 18.4 Å². The maximum Gasteiger partial charge on any atom is 0.332 e. The third-order valence-electron chi connectivity index (χ3n) is 5.39. The number of rotatable bonds is 9. The first-order valence-corrected chi connectivity index (χ1v) is 11.1. The Hall–Kier alpha value is -3.20. The smallest absolute Gasteiger partial charge is 0.332 e. The van der Waals surface area contributed by atoms with E-state index in [9.17, 15) is 14.7 Å². The van der Waals surface area contributed by atoms with Crippen LogP contribution in [0.15, 0.2) is 43.4 Å². The number of phenolic OH excluding ortho intramolecular Hbond substituents is 1. The molecule has 3 aromatic rings. The Labute approximate surface area is 189 Å². The zero-order valence-corrected chi connectivity index (χ0v) is 18.5. The monoisotopic (exact) mass is 457 g/mol. The van der Waals surface area contributed by atoms with Crippen LogP contribution in [-0.2, 0) is 25.9 Å². The first kappa shape index (κ1) is 22.0. The highest BCUT2D eigenvalue weighted by molar-refractivity contribution is 6.66. The average Bonchev–Trinajstić information content (AvgIpc) is 3.40. The Morgan fingerprint density at radius 2 is 1.84 bits per heavy atom. The van der Waals surface area contributed by atoms with Crippen LogP contribution < -0.4 is 11.2 Å². The van der Waals surface area contributed by atoms with E-state index in [1.54, 1.807) is 28.8 Å². The lowest BCUT2D eigenvalue weighted by Gasteiger charge is -2.13. The van der Waals surface area contributed by atoms with Crippen LogP contribution in [-0.4, -0.2) is 29.6 Å². The van der Waals surface area contributed by atoms with E-state index in [1.165, 1.54) is 4.57 Å². The van der Waals surface area contributed by atoms with Gasteiger partial charge in [-0.15, -0.1) is 0 Å². The summed E-state index contributed by atoms with van der Waals surface area (Å²) in [5.41, 5.74) is 0.556. The molecule has 10 heteroatoms. The van der Waals surface area contributed by atoms with E-state index in [0.29, 0.717) is 60.6 Å².